The molecule has 0 aliphatic carbocycles. The van der Waals surface area contributed by atoms with Gasteiger partial charge in [0.25, 0.3) is 5.91 Å². The van der Waals surface area contributed by atoms with Crippen molar-refractivity contribution in [1.82, 2.24) is 14.7 Å². The normalized spacial score (nSPS) is 24.3. The molecule has 2 atom stereocenters. The fourth-order valence-electron chi connectivity index (χ4n) is 2.65. The lowest BCUT2D eigenvalue weighted by Gasteiger charge is -2.38. The Morgan fingerprint density at radius 1 is 1.44 bits per heavy atom. The van der Waals surface area contributed by atoms with E-state index < -0.39 is 0 Å². The number of halogens is 1. The highest BCUT2D eigenvalue weighted by Crippen LogP contribution is 2.26. The van der Waals surface area contributed by atoms with Crippen LogP contribution in [0.4, 0.5) is 0 Å². The van der Waals surface area contributed by atoms with Gasteiger partial charge in [-0.1, -0.05) is 0 Å². The van der Waals surface area contributed by atoms with Crippen molar-refractivity contribution in [2.45, 2.75) is 58.7 Å². The van der Waals surface area contributed by atoms with Crippen LogP contribution in [0, 0.1) is 0 Å². The third-order valence-electron chi connectivity index (χ3n) is 3.67. The van der Waals surface area contributed by atoms with Crippen LogP contribution in [-0.2, 0) is 6.54 Å². The number of aromatic nitrogens is 2. The van der Waals surface area contributed by atoms with E-state index in [4.69, 9.17) is 0 Å². The van der Waals surface area contributed by atoms with E-state index in [0.29, 0.717) is 17.8 Å². The molecule has 1 aliphatic rings. The van der Waals surface area contributed by atoms with Crippen LogP contribution in [-0.4, -0.2) is 32.7 Å². The van der Waals surface area contributed by atoms with Gasteiger partial charge in [0.1, 0.15) is 0 Å². The molecule has 2 rings (SSSR count). The first-order valence-corrected chi connectivity index (χ1v) is 7.39. The lowest BCUT2D eigenvalue weighted by Crippen LogP contribution is -2.47. The van der Waals surface area contributed by atoms with Crippen molar-refractivity contribution in [3.8, 4) is 0 Å². The summed E-state index contributed by atoms with van der Waals surface area (Å²) in [5, 5.41) is 4.35. The molecule has 1 aromatic heterocycles. The molecule has 0 unspecified atom stereocenters. The Morgan fingerprint density at radius 3 is 2.56 bits per heavy atom. The summed E-state index contributed by atoms with van der Waals surface area (Å²) in [4.78, 5) is 14.6. The van der Waals surface area contributed by atoms with E-state index in [1.54, 1.807) is 4.68 Å². The van der Waals surface area contributed by atoms with Crippen molar-refractivity contribution < 1.29 is 4.79 Å². The molecule has 1 aliphatic heterocycles. The second-order valence-corrected chi connectivity index (χ2v) is 5.88. The first-order valence-electron chi connectivity index (χ1n) is 6.60. The van der Waals surface area contributed by atoms with Gasteiger partial charge in [0, 0.05) is 24.8 Å². The van der Waals surface area contributed by atoms with E-state index in [-0.39, 0.29) is 5.91 Å². The lowest BCUT2D eigenvalue weighted by atomic mass is 9.97. The maximum atomic E-state index is 12.6. The Hall–Kier alpha value is -0.840. The Balaban J connectivity index is 2.26. The summed E-state index contributed by atoms with van der Waals surface area (Å²) in [7, 11) is 0. The average Bonchev–Trinajstić information content (AvgIpc) is 2.70. The summed E-state index contributed by atoms with van der Waals surface area (Å²) in [6.07, 6.45) is 5.24. The summed E-state index contributed by atoms with van der Waals surface area (Å²) in [5.41, 5.74) is 0.539. The molecular formula is C13H20BrN3O. The maximum Gasteiger partial charge on any atom is 0.276 e. The van der Waals surface area contributed by atoms with Gasteiger partial charge in [-0.25, -0.2) is 0 Å². The largest absolute Gasteiger partial charge is 0.332 e. The molecule has 18 heavy (non-hydrogen) atoms. The van der Waals surface area contributed by atoms with Crippen LogP contribution in [0.2, 0.25) is 0 Å². The molecular weight excluding hydrogens is 294 g/mol. The number of carbonyl (C=O) groups excluding carboxylic acids is 1. The summed E-state index contributed by atoms with van der Waals surface area (Å²) in [6, 6.07) is 0.611. The number of hydrogen-bond acceptors (Lipinski definition) is 2. The van der Waals surface area contributed by atoms with E-state index in [1.807, 2.05) is 18.0 Å². The van der Waals surface area contributed by atoms with E-state index in [9.17, 15) is 4.79 Å². The topological polar surface area (TPSA) is 38.1 Å². The molecule has 4 nitrogen and oxygen atoms in total. The number of aryl methyl sites for hydroxylation is 1. The van der Waals surface area contributed by atoms with Crippen molar-refractivity contribution in [1.29, 1.82) is 0 Å². The zero-order valence-corrected chi connectivity index (χ0v) is 12.8. The van der Waals surface area contributed by atoms with Crippen LogP contribution in [0.25, 0.3) is 0 Å². The molecule has 5 heteroatoms. The number of rotatable bonds is 2. The maximum absolute atomic E-state index is 12.6. The third kappa shape index (κ3) is 2.46. The standard InChI is InChI=1S/C13H20BrN3O/c1-4-16-8-11(14)12(15-16)13(18)17-9(2)6-5-7-10(17)3/h8-10H,4-7H2,1-3H3/t9-,10+. The summed E-state index contributed by atoms with van der Waals surface area (Å²) >= 11 is 3.43. The predicted octanol–water partition coefficient (Wildman–Crippen LogP) is 3.07. The zero-order chi connectivity index (χ0) is 13.3. The van der Waals surface area contributed by atoms with Gasteiger partial charge in [-0.3, -0.25) is 9.48 Å². The second kappa shape index (κ2) is 5.43. The molecule has 2 heterocycles. The highest BCUT2D eigenvalue weighted by Gasteiger charge is 2.31. The van der Waals surface area contributed by atoms with Gasteiger partial charge in [-0.2, -0.15) is 5.10 Å². The highest BCUT2D eigenvalue weighted by molar-refractivity contribution is 9.10. The van der Waals surface area contributed by atoms with Crippen LogP contribution in [0.5, 0.6) is 0 Å². The number of nitrogens with zero attached hydrogens (tertiary/aromatic N) is 3. The minimum atomic E-state index is 0.0498. The third-order valence-corrected chi connectivity index (χ3v) is 4.25. The molecule has 0 aromatic carbocycles. The fraction of sp³-hybridized carbons (Fsp3) is 0.692. The lowest BCUT2D eigenvalue weighted by molar-refractivity contribution is 0.0503. The monoisotopic (exact) mass is 313 g/mol. The molecule has 1 saturated heterocycles. The molecule has 1 aromatic rings. The number of carbonyl (C=O) groups is 1. The first-order chi connectivity index (χ1) is 8.54. The quantitative estimate of drug-likeness (QED) is 0.841. The van der Waals surface area contributed by atoms with Crippen LogP contribution >= 0.6 is 15.9 Å². The molecule has 0 spiro atoms. The van der Waals surface area contributed by atoms with Crippen molar-refractivity contribution in [2.24, 2.45) is 0 Å². The van der Waals surface area contributed by atoms with Gasteiger partial charge in [0.05, 0.1) is 4.47 Å². The van der Waals surface area contributed by atoms with Crippen LogP contribution in [0.15, 0.2) is 10.7 Å². The SMILES string of the molecule is CCn1cc(Br)c(C(=O)N2[C@H](C)CCC[C@@H]2C)n1. The molecule has 0 radical (unpaired) electrons. The molecule has 1 fully saturated rings. The van der Waals surface area contributed by atoms with E-state index in [1.165, 1.54) is 6.42 Å². The Kier molecular flexibility index (Phi) is 4.10. The van der Waals surface area contributed by atoms with Gasteiger partial charge in [-0.05, 0) is 56.0 Å². The Labute approximate surface area is 116 Å². The number of likely N-dealkylation sites (tertiary alicyclic amines) is 1. The van der Waals surface area contributed by atoms with Crippen molar-refractivity contribution in [3.63, 3.8) is 0 Å². The van der Waals surface area contributed by atoms with Crippen LogP contribution in [0.1, 0.15) is 50.5 Å². The molecule has 0 bridgehead atoms. The fourth-order valence-corrected chi connectivity index (χ4v) is 3.13. The van der Waals surface area contributed by atoms with Crippen molar-refractivity contribution in [3.05, 3.63) is 16.4 Å². The number of amides is 1. The molecule has 0 N–H and O–H groups in total. The van der Waals surface area contributed by atoms with Crippen molar-refractivity contribution in [2.75, 3.05) is 0 Å². The predicted molar refractivity (Wildman–Crippen MR) is 74.5 cm³/mol. The van der Waals surface area contributed by atoms with Gasteiger partial charge in [-0.15, -0.1) is 0 Å². The smallest absolute Gasteiger partial charge is 0.276 e. The minimum Gasteiger partial charge on any atom is -0.332 e. The van der Waals surface area contributed by atoms with E-state index in [0.717, 1.165) is 23.9 Å². The van der Waals surface area contributed by atoms with E-state index in [2.05, 4.69) is 34.9 Å². The minimum absolute atomic E-state index is 0.0498. The summed E-state index contributed by atoms with van der Waals surface area (Å²) in [6.45, 7) is 7.04. The van der Waals surface area contributed by atoms with Gasteiger partial charge >= 0.3 is 0 Å². The zero-order valence-electron chi connectivity index (χ0n) is 11.2. The summed E-state index contributed by atoms with van der Waals surface area (Å²) < 4.78 is 2.58. The van der Waals surface area contributed by atoms with Gasteiger partial charge in [0.15, 0.2) is 5.69 Å². The second-order valence-electron chi connectivity index (χ2n) is 5.02. The Morgan fingerprint density at radius 2 is 2.06 bits per heavy atom. The molecule has 1 amide bonds. The highest BCUT2D eigenvalue weighted by atomic mass is 79.9. The Bertz CT molecular complexity index is 433. The first kappa shape index (κ1) is 13.6. The van der Waals surface area contributed by atoms with Crippen LogP contribution in [0.3, 0.4) is 0 Å². The van der Waals surface area contributed by atoms with Gasteiger partial charge < -0.3 is 4.90 Å². The van der Waals surface area contributed by atoms with E-state index >= 15 is 0 Å². The van der Waals surface area contributed by atoms with Gasteiger partial charge in [0.2, 0.25) is 0 Å². The molecule has 100 valence electrons. The number of piperidine rings is 1. The summed E-state index contributed by atoms with van der Waals surface area (Å²) in [5.74, 6) is 0.0498. The van der Waals surface area contributed by atoms with Crippen molar-refractivity contribution >= 4 is 21.8 Å². The number of hydrogen-bond donors (Lipinski definition) is 0. The molecule has 0 saturated carbocycles. The average molecular weight is 314 g/mol. The van der Waals surface area contributed by atoms with Crippen LogP contribution < -0.4 is 0 Å².